The van der Waals surface area contributed by atoms with E-state index in [9.17, 15) is 9.90 Å². The van der Waals surface area contributed by atoms with E-state index in [1.54, 1.807) is 0 Å². The molecule has 0 aromatic rings. The number of aliphatic hydroxyl groups excluding tert-OH is 1. The first-order chi connectivity index (χ1) is 8.24. The second-order valence-electron chi connectivity index (χ2n) is 5.76. The monoisotopic (exact) mass is 239 g/mol. The first-order valence-corrected chi connectivity index (χ1v) is 7.21. The molecule has 2 aliphatic carbocycles. The van der Waals surface area contributed by atoms with Crippen LogP contribution in [-0.2, 0) is 4.79 Å². The van der Waals surface area contributed by atoms with Crippen molar-refractivity contribution in [1.82, 2.24) is 5.32 Å². The average Bonchev–Trinajstić information content (AvgIpc) is 2.25. The van der Waals surface area contributed by atoms with E-state index >= 15 is 0 Å². The standard InChI is InChI=1S/C14H25NO2/c16-13-9-7-12(8-10-13)15-14(17)6-2-5-11-3-1-4-11/h11-13,16H,1-10H2,(H,15,17). The Hall–Kier alpha value is -0.570. The van der Waals surface area contributed by atoms with Gasteiger partial charge in [-0.15, -0.1) is 0 Å². The first-order valence-electron chi connectivity index (χ1n) is 7.21. The molecule has 98 valence electrons. The molecule has 3 nitrogen and oxygen atoms in total. The number of carbonyl (C=O) groups excluding carboxylic acids is 1. The molecule has 0 bridgehead atoms. The van der Waals surface area contributed by atoms with Gasteiger partial charge in [-0.25, -0.2) is 0 Å². The van der Waals surface area contributed by atoms with Gasteiger partial charge in [0.2, 0.25) is 5.91 Å². The summed E-state index contributed by atoms with van der Waals surface area (Å²) in [6.07, 6.45) is 10.5. The summed E-state index contributed by atoms with van der Waals surface area (Å²) >= 11 is 0. The van der Waals surface area contributed by atoms with Crippen molar-refractivity contribution in [2.45, 2.75) is 76.4 Å². The summed E-state index contributed by atoms with van der Waals surface area (Å²) in [5.41, 5.74) is 0. The summed E-state index contributed by atoms with van der Waals surface area (Å²) < 4.78 is 0. The molecule has 0 saturated heterocycles. The molecule has 2 saturated carbocycles. The molecule has 0 aromatic carbocycles. The highest BCUT2D eigenvalue weighted by Gasteiger charge is 2.21. The number of hydrogen-bond donors (Lipinski definition) is 2. The Morgan fingerprint density at radius 1 is 1.12 bits per heavy atom. The van der Waals surface area contributed by atoms with Crippen LogP contribution in [0, 0.1) is 5.92 Å². The van der Waals surface area contributed by atoms with Crippen LogP contribution in [0.25, 0.3) is 0 Å². The molecule has 0 atom stereocenters. The molecule has 1 amide bonds. The molecule has 0 spiro atoms. The molecule has 0 radical (unpaired) electrons. The Kier molecular flexibility index (Phi) is 4.84. The van der Waals surface area contributed by atoms with Crippen molar-refractivity contribution in [3.8, 4) is 0 Å². The van der Waals surface area contributed by atoms with Crippen LogP contribution in [-0.4, -0.2) is 23.2 Å². The molecule has 2 fully saturated rings. The number of carbonyl (C=O) groups is 1. The zero-order chi connectivity index (χ0) is 12.1. The molecule has 17 heavy (non-hydrogen) atoms. The molecule has 2 rings (SSSR count). The molecule has 2 aliphatic rings. The second kappa shape index (κ2) is 6.39. The summed E-state index contributed by atoms with van der Waals surface area (Å²) in [5.74, 6) is 1.12. The van der Waals surface area contributed by atoms with E-state index in [0.29, 0.717) is 12.5 Å². The SMILES string of the molecule is O=C(CCCC1CCC1)NC1CCC(O)CC1. The molecular formula is C14H25NO2. The van der Waals surface area contributed by atoms with Gasteiger partial charge in [-0.05, 0) is 44.4 Å². The fourth-order valence-electron chi connectivity index (χ4n) is 2.85. The number of aliphatic hydroxyl groups is 1. The van der Waals surface area contributed by atoms with Gasteiger partial charge >= 0.3 is 0 Å². The highest BCUT2D eigenvalue weighted by Crippen LogP contribution is 2.30. The summed E-state index contributed by atoms with van der Waals surface area (Å²) in [6.45, 7) is 0. The van der Waals surface area contributed by atoms with Crippen LogP contribution < -0.4 is 5.32 Å². The number of nitrogens with one attached hydrogen (secondary N) is 1. The Morgan fingerprint density at radius 2 is 1.82 bits per heavy atom. The van der Waals surface area contributed by atoms with Crippen LogP contribution in [0.5, 0.6) is 0 Å². The first kappa shape index (κ1) is 12.9. The van der Waals surface area contributed by atoms with Crippen molar-refractivity contribution in [1.29, 1.82) is 0 Å². The minimum Gasteiger partial charge on any atom is -0.393 e. The lowest BCUT2D eigenvalue weighted by atomic mass is 9.82. The smallest absolute Gasteiger partial charge is 0.220 e. The number of amides is 1. The summed E-state index contributed by atoms with van der Waals surface area (Å²) in [5, 5.41) is 12.5. The third kappa shape index (κ3) is 4.30. The summed E-state index contributed by atoms with van der Waals surface area (Å²) in [7, 11) is 0. The zero-order valence-electron chi connectivity index (χ0n) is 10.7. The summed E-state index contributed by atoms with van der Waals surface area (Å²) in [6, 6.07) is 0.314. The maximum atomic E-state index is 11.7. The normalized spacial score (nSPS) is 29.7. The Morgan fingerprint density at radius 3 is 2.41 bits per heavy atom. The zero-order valence-corrected chi connectivity index (χ0v) is 10.7. The molecule has 0 aliphatic heterocycles. The molecule has 0 heterocycles. The van der Waals surface area contributed by atoms with E-state index in [4.69, 9.17) is 0 Å². The molecule has 0 unspecified atom stereocenters. The lowest BCUT2D eigenvalue weighted by molar-refractivity contribution is -0.122. The highest BCUT2D eigenvalue weighted by atomic mass is 16.3. The molecule has 3 heteroatoms. The molecular weight excluding hydrogens is 214 g/mol. The Bertz CT molecular complexity index is 243. The van der Waals surface area contributed by atoms with E-state index in [1.807, 2.05) is 0 Å². The van der Waals surface area contributed by atoms with Crippen LogP contribution >= 0.6 is 0 Å². The third-order valence-electron chi connectivity index (χ3n) is 4.30. The van der Waals surface area contributed by atoms with Gasteiger partial charge in [-0.1, -0.05) is 19.3 Å². The third-order valence-corrected chi connectivity index (χ3v) is 4.30. The van der Waals surface area contributed by atoms with Crippen molar-refractivity contribution in [2.24, 2.45) is 5.92 Å². The fourth-order valence-corrected chi connectivity index (χ4v) is 2.85. The van der Waals surface area contributed by atoms with Crippen LogP contribution in [0.4, 0.5) is 0 Å². The van der Waals surface area contributed by atoms with Gasteiger partial charge in [0.15, 0.2) is 0 Å². The largest absolute Gasteiger partial charge is 0.393 e. The van der Waals surface area contributed by atoms with Crippen LogP contribution in [0.3, 0.4) is 0 Å². The van der Waals surface area contributed by atoms with Crippen molar-refractivity contribution in [3.05, 3.63) is 0 Å². The summed E-state index contributed by atoms with van der Waals surface area (Å²) in [4.78, 5) is 11.7. The van der Waals surface area contributed by atoms with Gasteiger partial charge in [0.05, 0.1) is 6.10 Å². The predicted octanol–water partition coefficient (Wildman–Crippen LogP) is 2.38. The van der Waals surface area contributed by atoms with Gasteiger partial charge < -0.3 is 10.4 Å². The Balaban J connectivity index is 1.53. The maximum Gasteiger partial charge on any atom is 0.220 e. The number of hydrogen-bond acceptors (Lipinski definition) is 2. The fraction of sp³-hybridized carbons (Fsp3) is 0.929. The van der Waals surface area contributed by atoms with E-state index in [1.165, 1.54) is 25.7 Å². The Labute approximate surface area is 104 Å². The molecule has 2 N–H and O–H groups in total. The lowest BCUT2D eigenvalue weighted by Crippen LogP contribution is -2.38. The van der Waals surface area contributed by atoms with Gasteiger partial charge in [0.25, 0.3) is 0 Å². The van der Waals surface area contributed by atoms with E-state index < -0.39 is 0 Å². The van der Waals surface area contributed by atoms with Gasteiger partial charge in [-0.3, -0.25) is 4.79 Å². The predicted molar refractivity (Wildman–Crippen MR) is 67.6 cm³/mol. The maximum absolute atomic E-state index is 11.7. The van der Waals surface area contributed by atoms with Gasteiger partial charge in [0, 0.05) is 12.5 Å². The minimum absolute atomic E-state index is 0.137. The topological polar surface area (TPSA) is 49.3 Å². The van der Waals surface area contributed by atoms with Crippen molar-refractivity contribution >= 4 is 5.91 Å². The quantitative estimate of drug-likeness (QED) is 0.774. The van der Waals surface area contributed by atoms with Gasteiger partial charge in [0.1, 0.15) is 0 Å². The van der Waals surface area contributed by atoms with Crippen molar-refractivity contribution < 1.29 is 9.90 Å². The van der Waals surface area contributed by atoms with E-state index in [0.717, 1.165) is 38.0 Å². The minimum atomic E-state index is -0.137. The van der Waals surface area contributed by atoms with Crippen molar-refractivity contribution in [3.63, 3.8) is 0 Å². The average molecular weight is 239 g/mol. The lowest BCUT2D eigenvalue weighted by Gasteiger charge is -2.27. The number of rotatable bonds is 5. The van der Waals surface area contributed by atoms with Gasteiger partial charge in [-0.2, -0.15) is 0 Å². The highest BCUT2D eigenvalue weighted by molar-refractivity contribution is 5.76. The van der Waals surface area contributed by atoms with Crippen LogP contribution in [0.1, 0.15) is 64.2 Å². The van der Waals surface area contributed by atoms with Crippen molar-refractivity contribution in [2.75, 3.05) is 0 Å². The van der Waals surface area contributed by atoms with Crippen LogP contribution in [0.15, 0.2) is 0 Å². The van der Waals surface area contributed by atoms with E-state index in [-0.39, 0.29) is 12.0 Å². The van der Waals surface area contributed by atoms with Crippen LogP contribution in [0.2, 0.25) is 0 Å². The molecule has 0 aromatic heterocycles. The second-order valence-corrected chi connectivity index (χ2v) is 5.76. The van der Waals surface area contributed by atoms with E-state index in [2.05, 4.69) is 5.32 Å².